The van der Waals surface area contributed by atoms with Crippen molar-refractivity contribution in [2.45, 2.75) is 51.9 Å². The largest absolute Gasteiger partial charge is 0.320 e. The zero-order valence-corrected chi connectivity index (χ0v) is 9.31. The molecule has 1 aliphatic carbocycles. The molecule has 0 spiro atoms. The Hall–Kier alpha value is -0.0400. The predicted octanol–water partition coefficient (Wildman–Crippen LogP) is 3.20. The van der Waals surface area contributed by atoms with E-state index >= 15 is 0 Å². The van der Waals surface area contributed by atoms with E-state index in [0.717, 1.165) is 11.8 Å². The van der Waals surface area contributed by atoms with E-state index in [1.807, 2.05) is 7.05 Å². The predicted molar refractivity (Wildman–Crippen MR) is 58.9 cm³/mol. The van der Waals surface area contributed by atoms with Gasteiger partial charge in [-0.05, 0) is 38.3 Å². The highest BCUT2D eigenvalue weighted by Gasteiger charge is 2.18. The van der Waals surface area contributed by atoms with Crippen LogP contribution in [0.2, 0.25) is 0 Å². The third-order valence-electron chi connectivity index (χ3n) is 3.58. The van der Waals surface area contributed by atoms with Gasteiger partial charge >= 0.3 is 0 Å². The Balaban J connectivity index is 2.03. The van der Waals surface area contributed by atoms with Crippen LogP contribution in [0.1, 0.15) is 51.9 Å². The Labute approximate surface area is 83.3 Å². The van der Waals surface area contributed by atoms with Crippen molar-refractivity contribution in [2.24, 2.45) is 11.8 Å². The summed E-state index contributed by atoms with van der Waals surface area (Å²) in [5.74, 6) is 2.11. The molecule has 0 aromatic heterocycles. The molecule has 0 bridgehead atoms. The first-order chi connectivity index (χ1) is 6.36. The number of nitrogens with one attached hydrogen (secondary N) is 1. The SMILES string of the molecule is CCC1CCC(CCCNC)CC1. The zero-order valence-electron chi connectivity index (χ0n) is 9.31. The Bertz CT molecular complexity index is 112. The van der Waals surface area contributed by atoms with Gasteiger partial charge in [-0.25, -0.2) is 0 Å². The van der Waals surface area contributed by atoms with Gasteiger partial charge in [-0.3, -0.25) is 0 Å². The van der Waals surface area contributed by atoms with Crippen molar-refractivity contribution in [1.29, 1.82) is 0 Å². The molecule has 1 nitrogen and oxygen atoms in total. The quantitative estimate of drug-likeness (QED) is 0.645. The molecule has 0 atom stereocenters. The highest BCUT2D eigenvalue weighted by molar-refractivity contribution is 4.71. The molecule has 0 unspecified atom stereocenters. The zero-order chi connectivity index (χ0) is 9.52. The summed E-state index contributed by atoms with van der Waals surface area (Å²) in [6, 6.07) is 0. The summed E-state index contributed by atoms with van der Waals surface area (Å²) in [5.41, 5.74) is 0. The molecular weight excluding hydrogens is 158 g/mol. The third kappa shape index (κ3) is 4.12. The summed E-state index contributed by atoms with van der Waals surface area (Å²) in [6.07, 6.45) is 10.2. The van der Waals surface area contributed by atoms with Crippen LogP contribution in [0.3, 0.4) is 0 Å². The number of hydrogen-bond donors (Lipinski definition) is 1. The molecule has 1 aliphatic rings. The second-order valence-corrected chi connectivity index (χ2v) is 4.54. The van der Waals surface area contributed by atoms with Crippen molar-refractivity contribution in [3.8, 4) is 0 Å². The van der Waals surface area contributed by atoms with E-state index in [0.29, 0.717) is 0 Å². The van der Waals surface area contributed by atoms with Gasteiger partial charge in [-0.2, -0.15) is 0 Å². The van der Waals surface area contributed by atoms with E-state index in [9.17, 15) is 0 Å². The van der Waals surface area contributed by atoms with E-state index in [1.54, 1.807) is 0 Å². The molecule has 1 saturated carbocycles. The molecule has 0 radical (unpaired) electrons. The first kappa shape index (κ1) is 11.0. The minimum atomic E-state index is 1.05. The minimum Gasteiger partial charge on any atom is -0.320 e. The van der Waals surface area contributed by atoms with E-state index < -0.39 is 0 Å². The van der Waals surface area contributed by atoms with E-state index in [-0.39, 0.29) is 0 Å². The monoisotopic (exact) mass is 183 g/mol. The average molecular weight is 183 g/mol. The molecule has 78 valence electrons. The molecule has 0 aliphatic heterocycles. The van der Waals surface area contributed by atoms with Crippen LogP contribution in [0, 0.1) is 11.8 Å². The lowest BCUT2D eigenvalue weighted by Gasteiger charge is -2.27. The van der Waals surface area contributed by atoms with Crippen molar-refractivity contribution in [2.75, 3.05) is 13.6 Å². The van der Waals surface area contributed by atoms with Gasteiger partial charge in [-0.15, -0.1) is 0 Å². The molecule has 13 heavy (non-hydrogen) atoms. The lowest BCUT2D eigenvalue weighted by Crippen LogP contribution is -2.16. The first-order valence-corrected chi connectivity index (χ1v) is 6.01. The summed E-state index contributed by atoms with van der Waals surface area (Å²) in [4.78, 5) is 0. The van der Waals surface area contributed by atoms with Gasteiger partial charge in [0.2, 0.25) is 0 Å². The Morgan fingerprint density at radius 3 is 2.23 bits per heavy atom. The Morgan fingerprint density at radius 1 is 1.08 bits per heavy atom. The minimum absolute atomic E-state index is 1.05. The summed E-state index contributed by atoms with van der Waals surface area (Å²) < 4.78 is 0. The van der Waals surface area contributed by atoms with E-state index in [4.69, 9.17) is 0 Å². The fourth-order valence-corrected chi connectivity index (χ4v) is 2.50. The topological polar surface area (TPSA) is 12.0 Å². The molecule has 1 fully saturated rings. The van der Waals surface area contributed by atoms with Crippen molar-refractivity contribution in [3.63, 3.8) is 0 Å². The lowest BCUT2D eigenvalue weighted by atomic mass is 9.79. The molecule has 1 heteroatoms. The summed E-state index contributed by atoms with van der Waals surface area (Å²) in [6.45, 7) is 3.54. The maximum Gasteiger partial charge on any atom is -0.00518 e. The first-order valence-electron chi connectivity index (χ1n) is 6.01. The van der Waals surface area contributed by atoms with E-state index in [2.05, 4.69) is 12.2 Å². The Morgan fingerprint density at radius 2 is 1.69 bits per heavy atom. The maximum absolute atomic E-state index is 3.23. The van der Waals surface area contributed by atoms with Crippen LogP contribution in [0.15, 0.2) is 0 Å². The molecular formula is C12H25N. The molecule has 0 heterocycles. The van der Waals surface area contributed by atoms with Gasteiger partial charge in [0.25, 0.3) is 0 Å². The van der Waals surface area contributed by atoms with E-state index in [1.165, 1.54) is 51.5 Å². The highest BCUT2D eigenvalue weighted by Crippen LogP contribution is 2.32. The summed E-state index contributed by atoms with van der Waals surface area (Å²) in [5, 5.41) is 3.23. The van der Waals surface area contributed by atoms with Crippen molar-refractivity contribution >= 4 is 0 Å². The van der Waals surface area contributed by atoms with Crippen LogP contribution >= 0.6 is 0 Å². The van der Waals surface area contributed by atoms with Crippen LogP contribution < -0.4 is 5.32 Å². The molecule has 1 rings (SSSR count). The molecule has 1 N–H and O–H groups in total. The number of hydrogen-bond acceptors (Lipinski definition) is 1. The van der Waals surface area contributed by atoms with Crippen molar-refractivity contribution in [3.05, 3.63) is 0 Å². The summed E-state index contributed by atoms with van der Waals surface area (Å²) in [7, 11) is 2.05. The van der Waals surface area contributed by atoms with Crippen molar-refractivity contribution in [1.82, 2.24) is 5.32 Å². The van der Waals surface area contributed by atoms with Gasteiger partial charge in [0.1, 0.15) is 0 Å². The van der Waals surface area contributed by atoms with Crippen LogP contribution in [0.4, 0.5) is 0 Å². The maximum atomic E-state index is 3.23. The van der Waals surface area contributed by atoms with Gasteiger partial charge in [0.05, 0.1) is 0 Å². The van der Waals surface area contributed by atoms with Crippen molar-refractivity contribution < 1.29 is 0 Å². The van der Waals surface area contributed by atoms with Crippen LogP contribution in [0.25, 0.3) is 0 Å². The number of rotatable bonds is 5. The molecule has 0 amide bonds. The molecule has 0 saturated heterocycles. The molecule has 0 aromatic carbocycles. The Kier molecular flexibility index (Phi) is 5.45. The van der Waals surface area contributed by atoms with Gasteiger partial charge in [0, 0.05) is 0 Å². The second kappa shape index (κ2) is 6.42. The third-order valence-corrected chi connectivity index (χ3v) is 3.58. The second-order valence-electron chi connectivity index (χ2n) is 4.54. The van der Waals surface area contributed by atoms with Crippen LogP contribution in [0.5, 0.6) is 0 Å². The normalized spacial score (nSPS) is 29.1. The standard InChI is InChI=1S/C12H25N/c1-3-11-6-8-12(9-7-11)5-4-10-13-2/h11-13H,3-10H2,1-2H3. The fraction of sp³-hybridized carbons (Fsp3) is 1.00. The molecule has 0 aromatic rings. The highest BCUT2D eigenvalue weighted by atomic mass is 14.8. The summed E-state index contributed by atoms with van der Waals surface area (Å²) >= 11 is 0. The average Bonchev–Trinajstić information content (AvgIpc) is 2.19. The lowest BCUT2D eigenvalue weighted by molar-refractivity contribution is 0.255. The van der Waals surface area contributed by atoms with Gasteiger partial charge in [0.15, 0.2) is 0 Å². The van der Waals surface area contributed by atoms with Crippen LogP contribution in [-0.2, 0) is 0 Å². The fourth-order valence-electron chi connectivity index (χ4n) is 2.50. The smallest absolute Gasteiger partial charge is 0.00518 e. The van der Waals surface area contributed by atoms with Gasteiger partial charge in [-0.1, -0.05) is 39.0 Å². The van der Waals surface area contributed by atoms with Crippen LogP contribution in [-0.4, -0.2) is 13.6 Å². The van der Waals surface area contributed by atoms with Gasteiger partial charge < -0.3 is 5.32 Å².